The number of morpholine rings is 1. The minimum Gasteiger partial charge on any atom is -0.378 e. The van der Waals surface area contributed by atoms with Crippen molar-refractivity contribution in [3.05, 3.63) is 34.8 Å². The van der Waals surface area contributed by atoms with Crippen LogP contribution in [0.5, 0.6) is 0 Å². The summed E-state index contributed by atoms with van der Waals surface area (Å²) in [6.07, 6.45) is 1.55. The fourth-order valence-corrected chi connectivity index (χ4v) is 5.96. The number of ether oxygens (including phenoxy) is 1. The number of likely N-dealkylation sites (tertiary alicyclic amines) is 1. The van der Waals surface area contributed by atoms with Gasteiger partial charge in [0.15, 0.2) is 0 Å². The highest BCUT2D eigenvalue weighted by molar-refractivity contribution is 7.89. The smallest absolute Gasteiger partial charge is 0.245 e. The molecule has 2 fully saturated rings. The zero-order valence-electron chi connectivity index (χ0n) is 17.4. The first-order valence-corrected chi connectivity index (χ1v) is 12.8. The average molecular weight is 499 g/mol. The number of hydrogen-bond acceptors (Lipinski definition) is 7. The molecule has 0 saturated carbocycles. The standard InChI is InChI=1S/C20H23ClN4O5S2/c1-13(19(26)24-8-10-30-11-9-24)25-7-6-16(20(25)27)23-32(28,29)14-2-3-15(22-12-14)17-4-5-18(21)31-17/h2-5,12-13,16,23H,6-11H2,1H3/t13-,16-/m0/s1. The molecule has 0 bridgehead atoms. The fourth-order valence-electron chi connectivity index (χ4n) is 3.77. The van der Waals surface area contributed by atoms with Crippen LogP contribution in [-0.2, 0) is 24.3 Å². The van der Waals surface area contributed by atoms with Crippen molar-refractivity contribution in [2.24, 2.45) is 0 Å². The molecule has 2 saturated heterocycles. The maximum Gasteiger partial charge on any atom is 0.245 e. The number of carbonyl (C=O) groups is 2. The van der Waals surface area contributed by atoms with Crippen LogP contribution in [0.1, 0.15) is 13.3 Å². The van der Waals surface area contributed by atoms with E-state index in [1.54, 1.807) is 24.0 Å². The molecular weight excluding hydrogens is 476 g/mol. The second kappa shape index (κ2) is 9.44. The van der Waals surface area contributed by atoms with Gasteiger partial charge in [-0.15, -0.1) is 11.3 Å². The maximum absolute atomic E-state index is 12.9. The summed E-state index contributed by atoms with van der Waals surface area (Å²) in [6.45, 7) is 3.90. The first-order chi connectivity index (χ1) is 15.3. The lowest BCUT2D eigenvalue weighted by atomic mass is 10.2. The van der Waals surface area contributed by atoms with E-state index in [0.29, 0.717) is 42.9 Å². The third-order valence-electron chi connectivity index (χ3n) is 5.56. The molecule has 2 atom stereocenters. The number of aromatic nitrogens is 1. The predicted octanol–water partition coefficient (Wildman–Crippen LogP) is 1.59. The van der Waals surface area contributed by atoms with Gasteiger partial charge in [-0.1, -0.05) is 11.6 Å². The van der Waals surface area contributed by atoms with E-state index in [9.17, 15) is 18.0 Å². The van der Waals surface area contributed by atoms with Gasteiger partial charge in [-0.25, -0.2) is 8.42 Å². The number of hydrogen-bond donors (Lipinski definition) is 1. The van der Waals surface area contributed by atoms with Gasteiger partial charge in [0.25, 0.3) is 0 Å². The summed E-state index contributed by atoms with van der Waals surface area (Å²) in [4.78, 5) is 33.7. The Morgan fingerprint density at radius 1 is 1.25 bits per heavy atom. The number of nitrogens with one attached hydrogen (secondary N) is 1. The van der Waals surface area contributed by atoms with E-state index in [2.05, 4.69) is 9.71 Å². The van der Waals surface area contributed by atoms with Gasteiger partial charge in [-0.3, -0.25) is 14.6 Å². The lowest BCUT2D eigenvalue weighted by molar-refractivity contribution is -0.146. The highest BCUT2D eigenvalue weighted by Crippen LogP contribution is 2.30. The Morgan fingerprint density at radius 3 is 2.62 bits per heavy atom. The molecule has 172 valence electrons. The molecule has 2 amide bonds. The summed E-state index contributed by atoms with van der Waals surface area (Å²) < 4.78 is 34.0. The van der Waals surface area contributed by atoms with Crippen molar-refractivity contribution in [2.45, 2.75) is 30.3 Å². The molecule has 2 aromatic heterocycles. The van der Waals surface area contributed by atoms with Crippen molar-refractivity contribution < 1.29 is 22.7 Å². The molecule has 0 radical (unpaired) electrons. The quantitative estimate of drug-likeness (QED) is 0.647. The molecule has 1 N–H and O–H groups in total. The monoisotopic (exact) mass is 498 g/mol. The van der Waals surface area contributed by atoms with Crippen molar-refractivity contribution >= 4 is 44.8 Å². The number of pyridine rings is 1. The van der Waals surface area contributed by atoms with E-state index in [0.717, 1.165) is 4.88 Å². The van der Waals surface area contributed by atoms with Crippen molar-refractivity contribution in [1.82, 2.24) is 19.5 Å². The van der Waals surface area contributed by atoms with Gasteiger partial charge in [-0.05, 0) is 37.6 Å². The highest BCUT2D eigenvalue weighted by atomic mass is 35.5. The van der Waals surface area contributed by atoms with Crippen LogP contribution >= 0.6 is 22.9 Å². The van der Waals surface area contributed by atoms with Gasteiger partial charge in [0.1, 0.15) is 17.0 Å². The Labute approximate surface area is 195 Å². The van der Waals surface area contributed by atoms with E-state index < -0.39 is 28.0 Å². The van der Waals surface area contributed by atoms with E-state index in [-0.39, 0.29) is 17.2 Å². The first-order valence-electron chi connectivity index (χ1n) is 10.2. The van der Waals surface area contributed by atoms with Crippen LogP contribution < -0.4 is 4.72 Å². The number of rotatable bonds is 6. The third-order valence-corrected chi connectivity index (χ3v) is 8.27. The molecule has 0 aromatic carbocycles. The number of halogens is 1. The molecule has 2 aromatic rings. The number of amides is 2. The molecule has 2 aliphatic heterocycles. The lowest BCUT2D eigenvalue weighted by Gasteiger charge is -2.32. The summed E-state index contributed by atoms with van der Waals surface area (Å²) in [5.74, 6) is -0.556. The van der Waals surface area contributed by atoms with Gasteiger partial charge in [0.05, 0.1) is 28.1 Å². The van der Waals surface area contributed by atoms with Crippen LogP contribution in [0.4, 0.5) is 0 Å². The number of sulfonamides is 1. The summed E-state index contributed by atoms with van der Waals surface area (Å²) in [5, 5.41) is 0. The number of carbonyl (C=O) groups excluding carboxylic acids is 2. The SMILES string of the molecule is C[C@@H](C(=O)N1CCOCC1)N1CC[C@H](NS(=O)(=O)c2ccc(-c3ccc(Cl)s3)nc2)C1=O. The molecule has 9 nitrogen and oxygen atoms in total. The first kappa shape index (κ1) is 23.1. The van der Waals surface area contributed by atoms with Crippen molar-refractivity contribution in [1.29, 1.82) is 0 Å². The van der Waals surface area contributed by atoms with Crippen LogP contribution in [-0.4, -0.2) is 79.9 Å². The molecular formula is C20H23ClN4O5S2. The third kappa shape index (κ3) is 4.81. The molecule has 2 aliphatic rings. The van der Waals surface area contributed by atoms with Crippen molar-refractivity contribution in [3.8, 4) is 10.6 Å². The van der Waals surface area contributed by atoms with E-state index >= 15 is 0 Å². The van der Waals surface area contributed by atoms with Crippen LogP contribution in [0, 0.1) is 0 Å². The molecule has 0 unspecified atom stereocenters. The van der Waals surface area contributed by atoms with Gasteiger partial charge in [-0.2, -0.15) is 4.72 Å². The molecule has 0 aliphatic carbocycles. The summed E-state index contributed by atoms with van der Waals surface area (Å²) >= 11 is 7.29. The molecule has 4 rings (SSSR count). The molecule has 0 spiro atoms. The molecule has 4 heterocycles. The van der Waals surface area contributed by atoms with E-state index in [4.69, 9.17) is 16.3 Å². The summed E-state index contributed by atoms with van der Waals surface area (Å²) in [5.41, 5.74) is 0.611. The molecule has 12 heteroatoms. The van der Waals surface area contributed by atoms with Gasteiger partial charge in [0, 0.05) is 25.8 Å². The minimum atomic E-state index is -3.95. The van der Waals surface area contributed by atoms with Gasteiger partial charge >= 0.3 is 0 Å². The Morgan fingerprint density at radius 2 is 2.00 bits per heavy atom. The number of nitrogens with zero attached hydrogens (tertiary/aromatic N) is 3. The predicted molar refractivity (Wildman–Crippen MR) is 120 cm³/mol. The second-order valence-electron chi connectivity index (χ2n) is 7.59. The Kier molecular flexibility index (Phi) is 6.82. The van der Waals surface area contributed by atoms with Crippen LogP contribution in [0.25, 0.3) is 10.6 Å². The minimum absolute atomic E-state index is 0.0346. The number of thiophene rings is 1. The Balaban J connectivity index is 1.41. The highest BCUT2D eigenvalue weighted by Gasteiger charge is 2.40. The maximum atomic E-state index is 12.9. The largest absolute Gasteiger partial charge is 0.378 e. The van der Waals surface area contributed by atoms with Crippen LogP contribution in [0.2, 0.25) is 4.34 Å². The Bertz CT molecular complexity index is 1100. The van der Waals surface area contributed by atoms with Crippen LogP contribution in [0.15, 0.2) is 35.4 Å². The molecule has 32 heavy (non-hydrogen) atoms. The summed E-state index contributed by atoms with van der Waals surface area (Å²) in [7, 11) is -3.95. The van der Waals surface area contributed by atoms with Crippen LogP contribution in [0.3, 0.4) is 0 Å². The van der Waals surface area contributed by atoms with Gasteiger partial charge in [0.2, 0.25) is 21.8 Å². The lowest BCUT2D eigenvalue weighted by Crippen LogP contribution is -2.52. The Hall–Kier alpha value is -2.05. The van der Waals surface area contributed by atoms with Crippen molar-refractivity contribution in [2.75, 3.05) is 32.8 Å². The zero-order valence-corrected chi connectivity index (χ0v) is 19.8. The van der Waals surface area contributed by atoms with E-state index in [1.807, 2.05) is 6.07 Å². The van der Waals surface area contributed by atoms with Gasteiger partial charge < -0.3 is 14.5 Å². The second-order valence-corrected chi connectivity index (χ2v) is 11.0. The topological polar surface area (TPSA) is 109 Å². The van der Waals surface area contributed by atoms with Crippen molar-refractivity contribution in [3.63, 3.8) is 0 Å². The summed E-state index contributed by atoms with van der Waals surface area (Å²) in [6, 6.07) is 5.03. The normalized spacial score (nSPS) is 20.6. The fraction of sp³-hybridized carbons (Fsp3) is 0.450. The van der Waals surface area contributed by atoms with E-state index in [1.165, 1.54) is 28.5 Å². The average Bonchev–Trinajstić information content (AvgIpc) is 3.39. The zero-order chi connectivity index (χ0) is 22.9.